The quantitative estimate of drug-likeness (QED) is 0.228. The number of nitrogens with zero attached hydrogens (tertiary/aromatic N) is 4. The molecule has 0 heterocycles. The van der Waals surface area contributed by atoms with Crippen molar-refractivity contribution in [1.29, 1.82) is 0 Å². The highest BCUT2D eigenvalue weighted by Gasteiger charge is 2.08. The topological polar surface area (TPSA) is 91.9 Å². The Hall–Kier alpha value is -2.07. The van der Waals surface area contributed by atoms with Crippen LogP contribution < -0.4 is 0 Å². The Bertz CT molecular complexity index is 395. The smallest absolute Gasteiger partial charge is 0.258 e. The summed E-state index contributed by atoms with van der Waals surface area (Å²) in [5, 5.41) is 13.6. The molecule has 0 saturated carbocycles. The number of rotatable bonds is 2. The van der Waals surface area contributed by atoms with Gasteiger partial charge in [0.2, 0.25) is 0 Å². The summed E-state index contributed by atoms with van der Waals surface area (Å²) in [6.07, 6.45) is 0. The predicted molar refractivity (Wildman–Crippen MR) is 46.4 cm³/mol. The molecule has 0 amide bonds. The van der Waals surface area contributed by atoms with Gasteiger partial charge in [-0.15, -0.1) is 0 Å². The average molecular weight is 177 g/mol. The Morgan fingerprint density at radius 2 is 2.31 bits per heavy atom. The van der Waals surface area contributed by atoms with E-state index in [1.54, 1.807) is 0 Å². The first-order valence-electron chi connectivity index (χ1n) is 3.30. The minimum atomic E-state index is -0.539. The van der Waals surface area contributed by atoms with Crippen molar-refractivity contribution < 1.29 is 4.92 Å². The van der Waals surface area contributed by atoms with Crippen molar-refractivity contribution in [2.45, 2.75) is 0 Å². The molecular formula is C7H5N4O2. The number of benzene rings is 1. The largest absolute Gasteiger partial charge is 0.272 e. The monoisotopic (exact) mass is 177 g/mol. The van der Waals surface area contributed by atoms with Gasteiger partial charge in [-0.05, 0) is 24.6 Å². The summed E-state index contributed by atoms with van der Waals surface area (Å²) < 4.78 is 0. The van der Waals surface area contributed by atoms with Gasteiger partial charge in [-0.1, -0.05) is 5.11 Å². The summed E-state index contributed by atoms with van der Waals surface area (Å²) in [7, 11) is 0. The van der Waals surface area contributed by atoms with E-state index in [9.17, 15) is 10.1 Å². The zero-order valence-electron chi connectivity index (χ0n) is 6.54. The molecule has 13 heavy (non-hydrogen) atoms. The lowest BCUT2D eigenvalue weighted by molar-refractivity contribution is -0.385. The first-order chi connectivity index (χ1) is 6.15. The fourth-order valence-electron chi connectivity index (χ4n) is 0.864. The first-order valence-corrected chi connectivity index (χ1v) is 3.30. The second-order valence-corrected chi connectivity index (χ2v) is 2.26. The second-order valence-electron chi connectivity index (χ2n) is 2.26. The number of hydrogen-bond donors (Lipinski definition) is 0. The number of azide groups is 1. The molecule has 0 aliphatic carbocycles. The van der Waals surface area contributed by atoms with E-state index in [1.165, 1.54) is 18.2 Å². The third-order valence-electron chi connectivity index (χ3n) is 1.42. The van der Waals surface area contributed by atoms with E-state index < -0.39 is 4.92 Å². The van der Waals surface area contributed by atoms with Crippen LogP contribution in [0.2, 0.25) is 0 Å². The van der Waals surface area contributed by atoms with E-state index in [0.29, 0.717) is 5.69 Å². The first kappa shape index (κ1) is 9.02. The molecule has 0 atom stereocenters. The summed E-state index contributed by atoms with van der Waals surface area (Å²) in [6.45, 7) is 3.46. The zero-order valence-corrected chi connectivity index (χ0v) is 6.54. The van der Waals surface area contributed by atoms with Crippen molar-refractivity contribution in [2.24, 2.45) is 5.11 Å². The minimum absolute atomic E-state index is 0.0862. The van der Waals surface area contributed by atoms with Crippen molar-refractivity contribution in [3.63, 3.8) is 0 Å². The lowest BCUT2D eigenvalue weighted by Gasteiger charge is -1.96. The third kappa shape index (κ3) is 1.94. The van der Waals surface area contributed by atoms with E-state index in [1.807, 2.05) is 0 Å². The predicted octanol–water partition coefficient (Wildman–Crippen LogP) is 2.72. The maximum absolute atomic E-state index is 10.4. The van der Waals surface area contributed by atoms with Gasteiger partial charge >= 0.3 is 0 Å². The van der Waals surface area contributed by atoms with Gasteiger partial charge < -0.3 is 0 Å². The molecular weight excluding hydrogens is 172 g/mol. The van der Waals surface area contributed by atoms with Gasteiger partial charge in [-0.2, -0.15) is 0 Å². The third-order valence-corrected chi connectivity index (χ3v) is 1.42. The molecule has 1 rings (SSSR count). The molecule has 65 valence electrons. The van der Waals surface area contributed by atoms with Crippen LogP contribution in [0, 0.1) is 17.0 Å². The highest BCUT2D eigenvalue weighted by atomic mass is 16.6. The Morgan fingerprint density at radius 1 is 1.62 bits per heavy atom. The van der Waals surface area contributed by atoms with Crippen molar-refractivity contribution in [2.75, 3.05) is 0 Å². The van der Waals surface area contributed by atoms with E-state index in [2.05, 4.69) is 16.9 Å². The van der Waals surface area contributed by atoms with E-state index in [-0.39, 0.29) is 11.3 Å². The van der Waals surface area contributed by atoms with Gasteiger partial charge in [-0.25, -0.2) is 0 Å². The van der Waals surface area contributed by atoms with Crippen molar-refractivity contribution in [3.05, 3.63) is 51.2 Å². The maximum Gasteiger partial charge on any atom is 0.272 e. The molecule has 0 unspecified atom stereocenters. The lowest BCUT2D eigenvalue weighted by Crippen LogP contribution is -1.90. The molecule has 1 aromatic carbocycles. The summed E-state index contributed by atoms with van der Waals surface area (Å²) in [6, 6.07) is 3.98. The minimum Gasteiger partial charge on any atom is -0.258 e. The molecule has 0 N–H and O–H groups in total. The molecule has 0 bridgehead atoms. The molecule has 0 saturated heterocycles. The van der Waals surface area contributed by atoms with Crippen LogP contribution in [0.3, 0.4) is 0 Å². The molecule has 6 heteroatoms. The summed E-state index contributed by atoms with van der Waals surface area (Å²) >= 11 is 0. The molecule has 1 radical (unpaired) electrons. The summed E-state index contributed by atoms with van der Waals surface area (Å²) in [5.74, 6) is 0. The Balaban J connectivity index is 3.19. The molecule has 0 spiro atoms. The van der Waals surface area contributed by atoms with Crippen LogP contribution in [0.1, 0.15) is 5.56 Å². The zero-order chi connectivity index (χ0) is 9.84. The number of nitro benzene ring substituents is 1. The Labute approximate surface area is 73.6 Å². The van der Waals surface area contributed by atoms with E-state index in [0.717, 1.165) is 0 Å². The van der Waals surface area contributed by atoms with E-state index in [4.69, 9.17) is 5.53 Å². The number of nitro groups is 1. The van der Waals surface area contributed by atoms with Gasteiger partial charge in [-0.3, -0.25) is 10.1 Å². The number of hydrogen-bond acceptors (Lipinski definition) is 3. The molecule has 6 nitrogen and oxygen atoms in total. The van der Waals surface area contributed by atoms with Crippen LogP contribution in [-0.2, 0) is 0 Å². The van der Waals surface area contributed by atoms with Gasteiger partial charge in [0.05, 0.1) is 4.92 Å². The summed E-state index contributed by atoms with van der Waals surface area (Å²) in [4.78, 5) is 12.4. The standard InChI is InChI=1S/C7H5N4O2/c1-5-4-6(9-10-8)2-3-7(5)11(12)13/h2-4H,1H2. The molecule has 0 aliphatic rings. The van der Waals surface area contributed by atoms with Crippen molar-refractivity contribution in [3.8, 4) is 0 Å². The average Bonchev–Trinajstić information content (AvgIpc) is 2.04. The Kier molecular flexibility index (Phi) is 2.47. The van der Waals surface area contributed by atoms with Gasteiger partial charge in [0.1, 0.15) is 0 Å². The fraction of sp³-hybridized carbons (Fsp3) is 0. The van der Waals surface area contributed by atoms with Gasteiger partial charge in [0.15, 0.2) is 0 Å². The molecule has 0 fully saturated rings. The van der Waals surface area contributed by atoms with Crippen LogP contribution in [0.25, 0.3) is 10.4 Å². The highest BCUT2D eigenvalue weighted by Crippen LogP contribution is 2.23. The Morgan fingerprint density at radius 3 is 2.77 bits per heavy atom. The van der Waals surface area contributed by atoms with Crippen LogP contribution in [0.15, 0.2) is 23.3 Å². The fourth-order valence-corrected chi connectivity index (χ4v) is 0.864. The molecule has 1 aromatic rings. The SMILES string of the molecule is [CH2]c1cc(N=[N+]=[N-])ccc1[N+](=O)[O-]. The summed E-state index contributed by atoms with van der Waals surface area (Å²) in [5.41, 5.74) is 8.56. The highest BCUT2D eigenvalue weighted by molar-refractivity contribution is 5.52. The van der Waals surface area contributed by atoms with Crippen LogP contribution >= 0.6 is 0 Å². The van der Waals surface area contributed by atoms with E-state index >= 15 is 0 Å². The van der Waals surface area contributed by atoms with Crippen LogP contribution in [0.5, 0.6) is 0 Å². The van der Waals surface area contributed by atoms with Crippen LogP contribution in [-0.4, -0.2) is 4.92 Å². The van der Waals surface area contributed by atoms with Crippen molar-refractivity contribution in [1.82, 2.24) is 0 Å². The lowest BCUT2D eigenvalue weighted by atomic mass is 10.2. The molecule has 0 aromatic heterocycles. The van der Waals surface area contributed by atoms with Gasteiger partial charge in [0, 0.05) is 22.2 Å². The van der Waals surface area contributed by atoms with Crippen LogP contribution in [0.4, 0.5) is 11.4 Å². The van der Waals surface area contributed by atoms with Gasteiger partial charge in [0.25, 0.3) is 5.69 Å². The second kappa shape index (κ2) is 3.55. The normalized spacial score (nSPS) is 9.00. The van der Waals surface area contributed by atoms with Crippen molar-refractivity contribution >= 4 is 11.4 Å². The maximum atomic E-state index is 10.4. The molecule has 0 aliphatic heterocycles.